The average Bonchev–Trinajstić information content (AvgIpc) is 2.85. The lowest BCUT2D eigenvalue weighted by molar-refractivity contribution is 0.585. The lowest BCUT2D eigenvalue weighted by atomic mass is 10.2. The molecule has 2 aliphatic carbocycles. The van der Waals surface area contributed by atoms with Gasteiger partial charge < -0.3 is 0 Å². The van der Waals surface area contributed by atoms with Crippen molar-refractivity contribution in [1.29, 1.82) is 0 Å². The van der Waals surface area contributed by atoms with E-state index in [1.165, 1.54) is 5.56 Å². The third-order valence-corrected chi connectivity index (χ3v) is 2.88. The van der Waals surface area contributed by atoms with Crippen LogP contribution in [0, 0.1) is 0 Å². The maximum Gasteiger partial charge on any atom is 0.267 e. The van der Waals surface area contributed by atoms with Gasteiger partial charge in [-0.3, -0.25) is 4.79 Å². The summed E-state index contributed by atoms with van der Waals surface area (Å²) in [5.41, 5.74) is 2.44. The van der Waals surface area contributed by atoms with Crippen molar-refractivity contribution in [3.8, 4) is 0 Å². The zero-order chi connectivity index (χ0) is 8.84. The van der Waals surface area contributed by atoms with Crippen molar-refractivity contribution in [2.75, 3.05) is 0 Å². The van der Waals surface area contributed by atoms with Crippen LogP contribution in [0.3, 0.4) is 0 Å². The summed E-state index contributed by atoms with van der Waals surface area (Å²) in [4.78, 5) is 11.6. The first-order valence-corrected chi connectivity index (χ1v) is 4.96. The lowest BCUT2D eigenvalue weighted by Crippen LogP contribution is -2.22. The molecule has 0 amide bonds. The van der Waals surface area contributed by atoms with Crippen LogP contribution in [0.4, 0.5) is 0 Å². The summed E-state index contributed by atoms with van der Waals surface area (Å²) in [5, 5.41) is 4.42. The molecule has 0 bridgehead atoms. The van der Waals surface area contributed by atoms with Gasteiger partial charge in [0.1, 0.15) is 0 Å². The summed E-state index contributed by atoms with van der Waals surface area (Å²) in [6, 6.07) is 2.20. The fourth-order valence-electron chi connectivity index (χ4n) is 2.00. The topological polar surface area (TPSA) is 34.9 Å². The summed E-state index contributed by atoms with van der Waals surface area (Å²) >= 11 is 0. The summed E-state index contributed by atoms with van der Waals surface area (Å²) in [5.74, 6) is 0. The average molecular weight is 176 g/mol. The second-order valence-corrected chi connectivity index (χ2v) is 3.98. The van der Waals surface area contributed by atoms with Gasteiger partial charge in [-0.05, 0) is 37.7 Å². The van der Waals surface area contributed by atoms with Gasteiger partial charge in [-0.2, -0.15) is 5.10 Å². The van der Waals surface area contributed by atoms with Crippen LogP contribution in [0.25, 0.3) is 0 Å². The maximum atomic E-state index is 11.6. The highest BCUT2D eigenvalue weighted by Gasteiger charge is 2.27. The Morgan fingerprint density at radius 1 is 1.38 bits per heavy atom. The van der Waals surface area contributed by atoms with E-state index < -0.39 is 0 Å². The van der Waals surface area contributed by atoms with Crippen LogP contribution in [0.5, 0.6) is 0 Å². The van der Waals surface area contributed by atoms with Gasteiger partial charge in [-0.15, -0.1) is 0 Å². The van der Waals surface area contributed by atoms with E-state index in [0.29, 0.717) is 6.04 Å². The minimum atomic E-state index is 0.100. The Labute approximate surface area is 76.4 Å². The SMILES string of the molecule is O=c1cc2c(nn1C1CC1)CCC2. The van der Waals surface area contributed by atoms with Crippen LogP contribution >= 0.6 is 0 Å². The molecule has 3 rings (SSSR count). The van der Waals surface area contributed by atoms with Crippen LogP contribution in [-0.2, 0) is 12.8 Å². The molecule has 0 aliphatic heterocycles. The largest absolute Gasteiger partial charge is 0.268 e. The van der Waals surface area contributed by atoms with Gasteiger partial charge in [-0.1, -0.05) is 0 Å². The molecule has 1 aromatic heterocycles. The first kappa shape index (κ1) is 7.30. The third-order valence-electron chi connectivity index (χ3n) is 2.88. The zero-order valence-electron chi connectivity index (χ0n) is 7.49. The number of aryl methyl sites for hydroxylation is 2. The molecule has 0 atom stereocenters. The Morgan fingerprint density at radius 2 is 2.23 bits per heavy atom. The normalized spacial score (nSPS) is 20.3. The first-order chi connectivity index (χ1) is 6.34. The summed E-state index contributed by atoms with van der Waals surface area (Å²) in [7, 11) is 0. The molecule has 1 fully saturated rings. The highest BCUT2D eigenvalue weighted by atomic mass is 16.1. The molecule has 1 aromatic rings. The Kier molecular flexibility index (Phi) is 1.37. The van der Waals surface area contributed by atoms with Gasteiger partial charge in [-0.25, -0.2) is 4.68 Å². The van der Waals surface area contributed by atoms with Crippen molar-refractivity contribution < 1.29 is 0 Å². The standard InChI is InChI=1S/C10H12N2O/c13-10-6-7-2-1-3-9(7)11-12(10)8-4-5-8/h6,8H,1-5H2. The van der Waals surface area contributed by atoms with E-state index in [1.54, 1.807) is 10.7 Å². The molecule has 0 aromatic carbocycles. The van der Waals surface area contributed by atoms with Gasteiger partial charge in [0, 0.05) is 6.07 Å². The van der Waals surface area contributed by atoms with E-state index in [1.807, 2.05) is 0 Å². The van der Waals surface area contributed by atoms with E-state index in [-0.39, 0.29) is 5.56 Å². The van der Waals surface area contributed by atoms with Gasteiger partial charge >= 0.3 is 0 Å². The van der Waals surface area contributed by atoms with Crippen molar-refractivity contribution in [1.82, 2.24) is 9.78 Å². The number of rotatable bonds is 1. The monoisotopic (exact) mass is 176 g/mol. The van der Waals surface area contributed by atoms with Crippen LogP contribution in [0.2, 0.25) is 0 Å². The Balaban J connectivity index is 2.16. The predicted molar refractivity (Wildman–Crippen MR) is 48.8 cm³/mol. The minimum Gasteiger partial charge on any atom is -0.268 e. The molecule has 3 nitrogen and oxygen atoms in total. The van der Waals surface area contributed by atoms with Crippen LogP contribution in [-0.4, -0.2) is 9.78 Å². The number of fused-ring (bicyclic) bond motifs is 1. The fraction of sp³-hybridized carbons (Fsp3) is 0.600. The summed E-state index contributed by atoms with van der Waals surface area (Å²) in [6.07, 6.45) is 5.53. The predicted octanol–water partition coefficient (Wildman–Crippen LogP) is 1.07. The van der Waals surface area contributed by atoms with Gasteiger partial charge in [0.15, 0.2) is 0 Å². The molecule has 1 saturated carbocycles. The molecule has 2 aliphatic rings. The minimum absolute atomic E-state index is 0.100. The maximum absolute atomic E-state index is 11.6. The zero-order valence-corrected chi connectivity index (χ0v) is 7.49. The van der Waals surface area contributed by atoms with Gasteiger partial charge in [0.2, 0.25) is 0 Å². The third kappa shape index (κ3) is 1.10. The molecule has 13 heavy (non-hydrogen) atoms. The molecule has 0 radical (unpaired) electrons. The quantitative estimate of drug-likeness (QED) is 0.641. The first-order valence-electron chi connectivity index (χ1n) is 4.96. The Bertz CT molecular complexity index is 404. The van der Waals surface area contributed by atoms with Crippen LogP contribution in [0.1, 0.15) is 36.6 Å². The van der Waals surface area contributed by atoms with E-state index in [4.69, 9.17) is 0 Å². The van der Waals surface area contributed by atoms with Crippen molar-refractivity contribution >= 4 is 0 Å². The van der Waals surface area contributed by atoms with E-state index >= 15 is 0 Å². The van der Waals surface area contributed by atoms with Gasteiger partial charge in [0.05, 0.1) is 11.7 Å². The molecule has 0 N–H and O–H groups in total. The molecule has 68 valence electrons. The molecule has 0 saturated heterocycles. The highest BCUT2D eigenvalue weighted by molar-refractivity contribution is 5.22. The highest BCUT2D eigenvalue weighted by Crippen LogP contribution is 2.33. The van der Waals surface area contributed by atoms with E-state index in [2.05, 4.69) is 5.10 Å². The summed E-state index contributed by atoms with van der Waals surface area (Å²) in [6.45, 7) is 0. The molecule has 1 heterocycles. The van der Waals surface area contributed by atoms with E-state index in [9.17, 15) is 4.79 Å². The molecular formula is C10H12N2O. The summed E-state index contributed by atoms with van der Waals surface area (Å²) < 4.78 is 1.68. The number of hydrogen-bond donors (Lipinski definition) is 0. The fourth-order valence-corrected chi connectivity index (χ4v) is 2.00. The van der Waals surface area contributed by atoms with Crippen molar-refractivity contribution in [2.45, 2.75) is 38.1 Å². The Hall–Kier alpha value is -1.12. The lowest BCUT2D eigenvalue weighted by Gasteiger charge is -2.04. The molecule has 3 heteroatoms. The van der Waals surface area contributed by atoms with Crippen molar-refractivity contribution in [3.63, 3.8) is 0 Å². The van der Waals surface area contributed by atoms with Crippen molar-refractivity contribution in [2.24, 2.45) is 0 Å². The van der Waals surface area contributed by atoms with Gasteiger partial charge in [0.25, 0.3) is 5.56 Å². The van der Waals surface area contributed by atoms with Crippen LogP contribution < -0.4 is 5.56 Å². The molecule has 0 spiro atoms. The number of aromatic nitrogens is 2. The second kappa shape index (κ2) is 2.44. The smallest absolute Gasteiger partial charge is 0.267 e. The second-order valence-electron chi connectivity index (χ2n) is 3.98. The van der Waals surface area contributed by atoms with E-state index in [0.717, 1.165) is 37.8 Å². The van der Waals surface area contributed by atoms with Crippen LogP contribution in [0.15, 0.2) is 10.9 Å². The molecule has 0 unspecified atom stereocenters. The Morgan fingerprint density at radius 3 is 3.00 bits per heavy atom. The van der Waals surface area contributed by atoms with Crippen molar-refractivity contribution in [3.05, 3.63) is 27.7 Å². The molecular weight excluding hydrogens is 164 g/mol. The number of nitrogens with zero attached hydrogens (tertiary/aromatic N) is 2. The number of hydrogen-bond acceptors (Lipinski definition) is 2.